The number of aromatic nitrogens is 3. The van der Waals surface area contributed by atoms with Crippen LogP contribution < -0.4 is 4.90 Å². The highest BCUT2D eigenvalue weighted by Crippen LogP contribution is 2.26. The molecule has 4 rings (SSSR count). The maximum atomic E-state index is 6.17. The molecule has 0 bridgehead atoms. The second-order valence-electron chi connectivity index (χ2n) is 5.91. The predicted octanol–water partition coefficient (Wildman–Crippen LogP) is 5.08. The zero-order valence-corrected chi connectivity index (χ0v) is 17.7. The third-order valence-electron chi connectivity index (χ3n) is 4.35. The molecule has 0 amide bonds. The van der Waals surface area contributed by atoms with Crippen LogP contribution in [0.4, 0.5) is 5.69 Å². The summed E-state index contributed by atoms with van der Waals surface area (Å²) in [5.41, 5.74) is 3.73. The third-order valence-corrected chi connectivity index (χ3v) is 4.67. The summed E-state index contributed by atoms with van der Waals surface area (Å²) in [7, 11) is 2.17. The second kappa shape index (κ2) is 10.3. The van der Waals surface area contributed by atoms with Gasteiger partial charge in [-0.05, 0) is 37.4 Å². The summed E-state index contributed by atoms with van der Waals surface area (Å²) in [4.78, 5) is 16.8. The first-order valence-corrected chi connectivity index (χ1v) is 10.1. The first kappa shape index (κ1) is 21.2. The zero-order chi connectivity index (χ0) is 19.8. The number of piperazine rings is 1. The van der Waals surface area contributed by atoms with E-state index in [1.54, 1.807) is 12.3 Å². The van der Waals surface area contributed by atoms with Gasteiger partial charge in [-0.3, -0.25) is 0 Å². The monoisotopic (exact) mass is 387 g/mol. The minimum Gasteiger partial charge on any atom is -0.369 e. The number of pyridine rings is 1. The van der Waals surface area contributed by atoms with E-state index < -0.39 is 0 Å². The fourth-order valence-corrected chi connectivity index (χ4v) is 3.10. The number of nitrogens with one attached hydrogen (secondary N) is 1. The lowest BCUT2D eigenvalue weighted by Gasteiger charge is -2.34. The molecule has 0 aliphatic carbocycles. The number of fused-ring (bicyclic) bond motifs is 1. The lowest BCUT2D eigenvalue weighted by molar-refractivity contribution is 0.313. The summed E-state index contributed by atoms with van der Waals surface area (Å²) in [6, 6.07) is 10.3. The van der Waals surface area contributed by atoms with Gasteiger partial charge in [-0.25, -0.2) is 9.97 Å². The van der Waals surface area contributed by atoms with Crippen molar-refractivity contribution < 1.29 is 0 Å². The molecule has 1 aromatic carbocycles. The summed E-state index contributed by atoms with van der Waals surface area (Å²) >= 11 is 6.17. The van der Waals surface area contributed by atoms with Crippen LogP contribution >= 0.6 is 11.6 Å². The molecule has 1 fully saturated rings. The first-order chi connectivity index (χ1) is 13.2. The van der Waals surface area contributed by atoms with Gasteiger partial charge in [0.15, 0.2) is 5.65 Å². The van der Waals surface area contributed by atoms with E-state index in [1.807, 2.05) is 27.7 Å². The molecule has 0 radical (unpaired) electrons. The number of anilines is 1. The molecule has 2 aromatic heterocycles. The molecule has 0 spiro atoms. The number of benzene rings is 1. The predicted molar refractivity (Wildman–Crippen MR) is 117 cm³/mol. The van der Waals surface area contributed by atoms with Gasteiger partial charge in [0.25, 0.3) is 0 Å². The molecular formula is C21H30ClN5. The smallest absolute Gasteiger partial charge is 0.179 e. The van der Waals surface area contributed by atoms with Crippen LogP contribution in [0.5, 0.6) is 0 Å². The number of likely N-dealkylation sites (N-methyl/N-ethyl adjacent to an activating group) is 1. The molecule has 1 saturated heterocycles. The topological polar surface area (TPSA) is 48.1 Å². The Hall–Kier alpha value is -2.11. The quantitative estimate of drug-likeness (QED) is 0.665. The average Bonchev–Trinajstić information content (AvgIpc) is 3.18. The lowest BCUT2D eigenvalue weighted by atomic mass is 10.1. The molecule has 1 N–H and O–H groups in total. The van der Waals surface area contributed by atoms with Crippen LogP contribution in [0, 0.1) is 0 Å². The van der Waals surface area contributed by atoms with E-state index in [-0.39, 0.29) is 0 Å². The van der Waals surface area contributed by atoms with Crippen LogP contribution in [0.1, 0.15) is 27.7 Å². The standard InChI is InChI=1S/C17H18ClN5.2C2H6/c1-22-8-10-23(11-9-22)13-4-2-12(3-5-13)16-20-15-14(18)6-7-19-17(15)21-16;2*1-2/h2-7H,8-11H2,1H3,(H,19,20,21);2*1-2H3. The van der Waals surface area contributed by atoms with Gasteiger partial charge in [0, 0.05) is 43.6 Å². The van der Waals surface area contributed by atoms with Crippen molar-refractivity contribution in [3.05, 3.63) is 41.6 Å². The van der Waals surface area contributed by atoms with E-state index >= 15 is 0 Å². The van der Waals surface area contributed by atoms with Gasteiger partial charge in [0.2, 0.25) is 0 Å². The Labute approximate surface area is 167 Å². The van der Waals surface area contributed by atoms with E-state index in [2.05, 4.69) is 56.1 Å². The molecule has 27 heavy (non-hydrogen) atoms. The molecule has 3 heterocycles. The van der Waals surface area contributed by atoms with Crippen LogP contribution in [-0.4, -0.2) is 53.1 Å². The van der Waals surface area contributed by atoms with Gasteiger partial charge >= 0.3 is 0 Å². The van der Waals surface area contributed by atoms with Gasteiger partial charge in [-0.15, -0.1) is 0 Å². The summed E-state index contributed by atoms with van der Waals surface area (Å²) in [5.74, 6) is 0.797. The Morgan fingerprint density at radius 2 is 1.56 bits per heavy atom. The van der Waals surface area contributed by atoms with Crippen LogP contribution in [0.25, 0.3) is 22.6 Å². The van der Waals surface area contributed by atoms with Crippen molar-refractivity contribution in [2.75, 3.05) is 38.1 Å². The molecule has 1 aliphatic rings. The van der Waals surface area contributed by atoms with E-state index in [1.165, 1.54) is 5.69 Å². The van der Waals surface area contributed by atoms with Crippen molar-refractivity contribution in [3.8, 4) is 11.4 Å². The number of H-pyrrole nitrogens is 1. The van der Waals surface area contributed by atoms with Gasteiger partial charge in [0.1, 0.15) is 11.3 Å². The number of aromatic amines is 1. The Balaban J connectivity index is 0.000000614. The van der Waals surface area contributed by atoms with E-state index in [0.29, 0.717) is 10.7 Å². The van der Waals surface area contributed by atoms with Crippen molar-refractivity contribution in [2.24, 2.45) is 0 Å². The Morgan fingerprint density at radius 3 is 2.15 bits per heavy atom. The Bertz CT molecular complexity index is 820. The van der Waals surface area contributed by atoms with Gasteiger partial charge in [-0.2, -0.15) is 0 Å². The van der Waals surface area contributed by atoms with Crippen molar-refractivity contribution in [3.63, 3.8) is 0 Å². The highest BCUT2D eigenvalue weighted by Gasteiger charge is 2.14. The van der Waals surface area contributed by atoms with E-state index in [4.69, 9.17) is 11.6 Å². The van der Waals surface area contributed by atoms with Crippen molar-refractivity contribution in [1.82, 2.24) is 19.9 Å². The maximum absolute atomic E-state index is 6.17. The molecule has 0 unspecified atom stereocenters. The number of halogens is 1. The first-order valence-electron chi connectivity index (χ1n) is 9.75. The summed E-state index contributed by atoms with van der Waals surface area (Å²) in [6.07, 6.45) is 1.67. The lowest BCUT2D eigenvalue weighted by Crippen LogP contribution is -2.44. The number of imidazole rings is 1. The number of nitrogens with zero attached hydrogens (tertiary/aromatic N) is 4. The minimum absolute atomic E-state index is 0.641. The molecular weight excluding hydrogens is 358 g/mol. The maximum Gasteiger partial charge on any atom is 0.179 e. The fourth-order valence-electron chi connectivity index (χ4n) is 2.91. The molecule has 0 atom stereocenters. The van der Waals surface area contributed by atoms with Crippen molar-refractivity contribution >= 4 is 28.5 Å². The Morgan fingerprint density at radius 1 is 0.926 bits per heavy atom. The molecule has 6 heteroatoms. The molecule has 3 aromatic rings. The van der Waals surface area contributed by atoms with E-state index in [9.17, 15) is 0 Å². The number of rotatable bonds is 2. The molecule has 146 valence electrons. The van der Waals surface area contributed by atoms with Crippen molar-refractivity contribution in [2.45, 2.75) is 27.7 Å². The summed E-state index contributed by atoms with van der Waals surface area (Å²) in [6.45, 7) is 12.4. The molecule has 1 aliphatic heterocycles. The van der Waals surface area contributed by atoms with Gasteiger partial charge in [0.05, 0.1) is 5.02 Å². The van der Waals surface area contributed by atoms with E-state index in [0.717, 1.165) is 43.1 Å². The summed E-state index contributed by atoms with van der Waals surface area (Å²) in [5, 5.41) is 0.641. The Kier molecular flexibility index (Phi) is 8.07. The largest absolute Gasteiger partial charge is 0.369 e. The average molecular weight is 388 g/mol. The highest BCUT2D eigenvalue weighted by atomic mass is 35.5. The second-order valence-corrected chi connectivity index (χ2v) is 6.32. The van der Waals surface area contributed by atoms with Crippen LogP contribution in [0.2, 0.25) is 5.02 Å². The van der Waals surface area contributed by atoms with Crippen LogP contribution in [0.15, 0.2) is 36.5 Å². The fraction of sp³-hybridized carbons (Fsp3) is 0.429. The normalized spacial score (nSPS) is 14.2. The highest BCUT2D eigenvalue weighted by molar-refractivity contribution is 6.34. The number of hydrogen-bond donors (Lipinski definition) is 1. The SMILES string of the molecule is CC.CC.CN1CCN(c2ccc(-c3nc4nccc(Cl)c4[nH]3)cc2)CC1. The van der Waals surface area contributed by atoms with Gasteiger partial charge < -0.3 is 14.8 Å². The zero-order valence-electron chi connectivity index (χ0n) is 17.0. The molecule has 5 nitrogen and oxygen atoms in total. The van der Waals surface area contributed by atoms with Gasteiger partial charge in [-0.1, -0.05) is 39.3 Å². The van der Waals surface area contributed by atoms with Crippen LogP contribution in [-0.2, 0) is 0 Å². The number of hydrogen-bond acceptors (Lipinski definition) is 4. The summed E-state index contributed by atoms with van der Waals surface area (Å²) < 4.78 is 0. The molecule has 0 saturated carbocycles. The van der Waals surface area contributed by atoms with Crippen LogP contribution in [0.3, 0.4) is 0 Å². The third kappa shape index (κ3) is 4.99. The minimum atomic E-state index is 0.641. The van der Waals surface area contributed by atoms with Crippen molar-refractivity contribution in [1.29, 1.82) is 0 Å².